The number of aliphatic hydroxyl groups is 3. The van der Waals surface area contributed by atoms with Crippen LogP contribution in [-0.2, 0) is 4.74 Å². The van der Waals surface area contributed by atoms with Gasteiger partial charge in [0.2, 0.25) is 0 Å². The summed E-state index contributed by atoms with van der Waals surface area (Å²) in [5.74, 6) is 0.978. The summed E-state index contributed by atoms with van der Waals surface area (Å²) < 4.78 is 6.14. The molecule has 0 bridgehead atoms. The van der Waals surface area contributed by atoms with Gasteiger partial charge in [0.1, 0.15) is 17.8 Å². The van der Waals surface area contributed by atoms with E-state index in [1.807, 2.05) is 0 Å². The maximum Gasteiger partial charge on any atom is 0.118 e. The van der Waals surface area contributed by atoms with Crippen molar-refractivity contribution in [2.24, 2.45) is 34.0 Å². The SMILES string of the molecule is C=C1C(O)C2OC23C1CC12CCC(C(C)C)C1(C)C(O)C(O)C32C. The summed E-state index contributed by atoms with van der Waals surface area (Å²) >= 11 is 0. The summed E-state index contributed by atoms with van der Waals surface area (Å²) in [4.78, 5) is 0. The van der Waals surface area contributed by atoms with E-state index in [4.69, 9.17) is 4.74 Å². The van der Waals surface area contributed by atoms with Gasteiger partial charge in [-0.25, -0.2) is 0 Å². The average Bonchev–Trinajstić information content (AvgIpc) is 3.05. The fourth-order valence-corrected chi connectivity index (χ4v) is 8.58. The molecule has 1 aliphatic heterocycles. The summed E-state index contributed by atoms with van der Waals surface area (Å²) in [5, 5.41) is 32.9. The molecule has 4 heteroatoms. The van der Waals surface area contributed by atoms with E-state index in [-0.39, 0.29) is 22.9 Å². The summed E-state index contributed by atoms with van der Waals surface area (Å²) in [6.45, 7) is 13.0. The van der Waals surface area contributed by atoms with Gasteiger partial charge in [-0.05, 0) is 42.1 Å². The lowest BCUT2D eigenvalue weighted by Gasteiger charge is -2.47. The van der Waals surface area contributed by atoms with Crippen molar-refractivity contribution in [3.8, 4) is 0 Å². The number of aliphatic hydroxyl groups excluding tert-OH is 3. The number of hydrogen-bond acceptors (Lipinski definition) is 4. The standard InChI is InChI=1S/C20H30O4/c1-9(2)11-6-7-19-8-12-10(3)13(21)16-20(12,24-16)18(19,5)15(23)14(22)17(11,19)4/h9,11-16,21-23H,3,6-8H2,1-2,4-5H3. The molecule has 134 valence electrons. The van der Waals surface area contributed by atoms with Crippen LogP contribution in [0.25, 0.3) is 0 Å². The fraction of sp³-hybridized carbons (Fsp3) is 0.900. The molecule has 1 saturated heterocycles. The zero-order chi connectivity index (χ0) is 17.4. The zero-order valence-electron chi connectivity index (χ0n) is 15.1. The molecule has 0 radical (unpaired) electrons. The number of hydrogen-bond donors (Lipinski definition) is 3. The first-order chi connectivity index (χ1) is 11.1. The van der Waals surface area contributed by atoms with Crippen molar-refractivity contribution in [3.05, 3.63) is 12.2 Å². The molecular formula is C20H30O4. The number of ether oxygens (including phenoxy) is 1. The molecule has 0 aromatic heterocycles. The van der Waals surface area contributed by atoms with Crippen LogP contribution in [0.4, 0.5) is 0 Å². The predicted octanol–water partition coefficient (Wildman–Crippen LogP) is 1.87. The van der Waals surface area contributed by atoms with Crippen LogP contribution in [0.5, 0.6) is 0 Å². The van der Waals surface area contributed by atoms with E-state index in [2.05, 4.69) is 34.3 Å². The van der Waals surface area contributed by atoms with E-state index in [9.17, 15) is 15.3 Å². The van der Waals surface area contributed by atoms with Crippen molar-refractivity contribution >= 4 is 0 Å². The lowest BCUT2D eigenvalue weighted by Crippen LogP contribution is -2.50. The van der Waals surface area contributed by atoms with Gasteiger partial charge in [0.15, 0.2) is 0 Å². The highest BCUT2D eigenvalue weighted by Crippen LogP contribution is 2.87. The maximum atomic E-state index is 11.3. The van der Waals surface area contributed by atoms with Crippen LogP contribution < -0.4 is 0 Å². The largest absolute Gasteiger partial charge is 0.390 e. The van der Waals surface area contributed by atoms with E-state index in [1.54, 1.807) is 0 Å². The lowest BCUT2D eigenvalue weighted by atomic mass is 9.55. The fourth-order valence-electron chi connectivity index (χ4n) is 8.58. The first kappa shape index (κ1) is 15.8. The second-order valence-electron chi connectivity index (χ2n) is 9.95. The molecule has 5 rings (SSSR count). The minimum Gasteiger partial charge on any atom is -0.390 e. The normalized spacial score (nSPS) is 66.6. The Balaban J connectivity index is 1.73. The highest BCUT2D eigenvalue weighted by atomic mass is 16.6. The van der Waals surface area contributed by atoms with Crippen molar-refractivity contribution < 1.29 is 20.1 Å². The number of epoxide rings is 1. The van der Waals surface area contributed by atoms with Gasteiger partial charge in [0.05, 0.1) is 12.2 Å². The Morgan fingerprint density at radius 1 is 1.17 bits per heavy atom. The monoisotopic (exact) mass is 334 g/mol. The highest BCUT2D eigenvalue weighted by Gasteiger charge is 2.93. The van der Waals surface area contributed by atoms with E-state index in [0.29, 0.717) is 11.8 Å². The van der Waals surface area contributed by atoms with E-state index < -0.39 is 29.3 Å². The molecule has 3 N–H and O–H groups in total. The highest BCUT2D eigenvalue weighted by molar-refractivity contribution is 5.47. The first-order valence-electron chi connectivity index (χ1n) is 9.52. The van der Waals surface area contributed by atoms with Crippen molar-refractivity contribution in [2.45, 2.75) is 77.0 Å². The Hall–Kier alpha value is -0.420. The van der Waals surface area contributed by atoms with Gasteiger partial charge in [0.25, 0.3) is 0 Å². The molecule has 10 atom stereocenters. The molecule has 5 aliphatic rings. The van der Waals surface area contributed by atoms with E-state index in [1.165, 1.54) is 0 Å². The lowest BCUT2D eigenvalue weighted by molar-refractivity contribution is -0.0777. The summed E-state index contributed by atoms with van der Waals surface area (Å²) in [7, 11) is 0. The minimum absolute atomic E-state index is 0.106. The molecule has 5 fully saturated rings. The van der Waals surface area contributed by atoms with Crippen molar-refractivity contribution in [1.29, 1.82) is 0 Å². The van der Waals surface area contributed by atoms with E-state index in [0.717, 1.165) is 24.8 Å². The second-order valence-corrected chi connectivity index (χ2v) is 9.95. The van der Waals surface area contributed by atoms with Gasteiger partial charge in [0, 0.05) is 16.7 Å². The molecule has 4 aliphatic carbocycles. The first-order valence-corrected chi connectivity index (χ1v) is 9.52. The molecule has 0 aromatic carbocycles. The molecule has 4 nitrogen and oxygen atoms in total. The summed E-state index contributed by atoms with van der Waals surface area (Å²) in [6.07, 6.45) is 0.583. The third kappa shape index (κ3) is 1.11. The molecule has 1 heterocycles. The maximum absolute atomic E-state index is 11.3. The summed E-state index contributed by atoms with van der Waals surface area (Å²) in [6, 6.07) is 0. The minimum atomic E-state index is -0.808. The van der Waals surface area contributed by atoms with Gasteiger partial charge in [-0.15, -0.1) is 0 Å². The molecular weight excluding hydrogens is 304 g/mol. The Kier molecular flexibility index (Phi) is 2.60. The molecule has 0 amide bonds. The van der Waals surface area contributed by atoms with Crippen molar-refractivity contribution in [1.82, 2.24) is 0 Å². The van der Waals surface area contributed by atoms with Crippen LogP contribution in [-0.4, -0.2) is 45.3 Å². The third-order valence-corrected chi connectivity index (χ3v) is 9.67. The molecule has 2 spiro atoms. The van der Waals surface area contributed by atoms with Crippen LogP contribution in [0.3, 0.4) is 0 Å². The quantitative estimate of drug-likeness (QED) is 0.506. The molecule has 4 saturated carbocycles. The smallest absolute Gasteiger partial charge is 0.118 e. The average molecular weight is 334 g/mol. The number of rotatable bonds is 1. The van der Waals surface area contributed by atoms with Gasteiger partial charge in [-0.2, -0.15) is 0 Å². The van der Waals surface area contributed by atoms with Crippen LogP contribution in [0.15, 0.2) is 12.2 Å². The van der Waals surface area contributed by atoms with Crippen LogP contribution in [0.1, 0.15) is 47.0 Å². The van der Waals surface area contributed by atoms with Crippen molar-refractivity contribution in [3.63, 3.8) is 0 Å². The second kappa shape index (κ2) is 3.95. The Morgan fingerprint density at radius 3 is 2.46 bits per heavy atom. The Morgan fingerprint density at radius 2 is 1.83 bits per heavy atom. The zero-order valence-corrected chi connectivity index (χ0v) is 15.1. The Labute approximate surface area is 143 Å². The van der Waals surface area contributed by atoms with Crippen LogP contribution in [0.2, 0.25) is 0 Å². The van der Waals surface area contributed by atoms with Crippen molar-refractivity contribution in [2.75, 3.05) is 0 Å². The topological polar surface area (TPSA) is 73.2 Å². The van der Waals surface area contributed by atoms with Gasteiger partial charge in [-0.3, -0.25) is 0 Å². The predicted molar refractivity (Wildman–Crippen MR) is 89.1 cm³/mol. The summed E-state index contributed by atoms with van der Waals surface area (Å²) in [5.41, 5.74) is -0.610. The van der Waals surface area contributed by atoms with E-state index >= 15 is 0 Å². The Bertz CT molecular complexity index is 646. The molecule has 0 aromatic rings. The van der Waals surface area contributed by atoms with Gasteiger partial charge < -0.3 is 20.1 Å². The van der Waals surface area contributed by atoms with Gasteiger partial charge in [-0.1, -0.05) is 34.3 Å². The third-order valence-electron chi connectivity index (χ3n) is 9.67. The van der Waals surface area contributed by atoms with Crippen LogP contribution in [0, 0.1) is 34.0 Å². The molecule has 10 unspecified atom stereocenters. The van der Waals surface area contributed by atoms with Crippen LogP contribution >= 0.6 is 0 Å². The molecule has 24 heavy (non-hydrogen) atoms. The van der Waals surface area contributed by atoms with Gasteiger partial charge >= 0.3 is 0 Å².